The number of carbonyl (C=O) groups is 2. The topological polar surface area (TPSA) is 118 Å². The van der Waals surface area contributed by atoms with Crippen LogP contribution in [-0.4, -0.2) is 39.8 Å². The zero-order chi connectivity index (χ0) is 24.1. The third-order valence-electron chi connectivity index (χ3n) is 5.16. The first-order valence-corrected chi connectivity index (χ1v) is 9.77. The molecule has 1 aromatic heterocycles. The van der Waals surface area contributed by atoms with Crippen LogP contribution in [-0.2, 0) is 11.0 Å². The van der Waals surface area contributed by atoms with Gasteiger partial charge in [0.15, 0.2) is 0 Å². The van der Waals surface area contributed by atoms with Crippen LogP contribution in [0.2, 0.25) is 5.02 Å². The number of benzene rings is 2. The van der Waals surface area contributed by atoms with Gasteiger partial charge in [0, 0.05) is 16.5 Å². The fraction of sp³-hybridized carbons (Fsp3) is 0.190. The van der Waals surface area contributed by atoms with Gasteiger partial charge in [-0.25, -0.2) is 0 Å². The number of halogens is 4. The number of amides is 1. The highest BCUT2D eigenvalue weighted by Gasteiger charge is 2.33. The summed E-state index contributed by atoms with van der Waals surface area (Å²) in [5, 5.41) is 21.6. The maximum Gasteiger partial charge on any atom is 0.416 e. The number of carboxylic acids is 1. The normalized spacial score (nSPS) is 15.2. The van der Waals surface area contributed by atoms with E-state index in [1.165, 1.54) is 24.3 Å². The molecule has 172 valence electrons. The lowest BCUT2D eigenvalue weighted by atomic mass is 10.0. The Morgan fingerprint density at radius 2 is 1.88 bits per heavy atom. The Bertz CT molecular complexity index is 1350. The molecule has 2 heterocycles. The molecule has 0 spiro atoms. The van der Waals surface area contributed by atoms with Gasteiger partial charge in [0.25, 0.3) is 11.5 Å². The molecule has 33 heavy (non-hydrogen) atoms. The lowest BCUT2D eigenvalue weighted by Crippen LogP contribution is -2.39. The minimum atomic E-state index is -4.55. The molecule has 0 aliphatic carbocycles. The largest absolute Gasteiger partial charge is 0.506 e. The molecular formula is C21H14ClF3N2O6. The van der Waals surface area contributed by atoms with Crippen LogP contribution in [0, 0.1) is 0 Å². The molecule has 4 rings (SSSR count). The van der Waals surface area contributed by atoms with Crippen LogP contribution in [0.15, 0.2) is 41.2 Å². The second kappa shape index (κ2) is 8.00. The second-order valence-electron chi connectivity index (χ2n) is 7.22. The molecule has 8 nitrogen and oxygen atoms in total. The Balaban J connectivity index is 1.94. The van der Waals surface area contributed by atoms with Crippen molar-refractivity contribution >= 4 is 34.4 Å². The monoisotopic (exact) mass is 482 g/mol. The van der Waals surface area contributed by atoms with Crippen molar-refractivity contribution in [1.82, 2.24) is 9.88 Å². The number of aliphatic carboxylic acids is 1. The number of hydrogen-bond donors (Lipinski definition) is 3. The summed E-state index contributed by atoms with van der Waals surface area (Å²) in [5.41, 5.74) is -2.20. The van der Waals surface area contributed by atoms with E-state index in [9.17, 15) is 32.7 Å². The predicted molar refractivity (Wildman–Crippen MR) is 110 cm³/mol. The molecule has 0 saturated heterocycles. The fourth-order valence-electron chi connectivity index (χ4n) is 3.70. The summed E-state index contributed by atoms with van der Waals surface area (Å²) in [6.07, 6.45) is -4.55. The Kier molecular flexibility index (Phi) is 5.44. The number of carbonyl (C=O) groups excluding carboxylic acids is 1. The van der Waals surface area contributed by atoms with Crippen molar-refractivity contribution in [3.63, 3.8) is 0 Å². The van der Waals surface area contributed by atoms with Crippen LogP contribution < -0.4 is 15.6 Å². The van der Waals surface area contributed by atoms with E-state index in [1.54, 1.807) is 0 Å². The Morgan fingerprint density at radius 1 is 1.21 bits per heavy atom. The van der Waals surface area contributed by atoms with E-state index in [-0.39, 0.29) is 33.8 Å². The number of ether oxygens (including phenoxy) is 1. The Labute approximate surface area is 187 Å². The molecule has 0 fully saturated rings. The number of carboxylic acid groups (broad SMARTS) is 1. The number of nitrogens with zero attached hydrogens (tertiary/aromatic N) is 1. The molecule has 1 amide bonds. The average Bonchev–Trinajstić information content (AvgIpc) is 2.75. The molecule has 0 bridgehead atoms. The van der Waals surface area contributed by atoms with Gasteiger partial charge in [-0.3, -0.25) is 19.0 Å². The van der Waals surface area contributed by atoms with Crippen molar-refractivity contribution in [2.75, 3.05) is 13.2 Å². The van der Waals surface area contributed by atoms with Gasteiger partial charge in [-0.05, 0) is 23.8 Å². The van der Waals surface area contributed by atoms with Crippen molar-refractivity contribution < 1.29 is 37.7 Å². The summed E-state index contributed by atoms with van der Waals surface area (Å²) in [7, 11) is 0. The summed E-state index contributed by atoms with van der Waals surface area (Å²) in [4.78, 5) is 36.7. The Morgan fingerprint density at radius 3 is 2.48 bits per heavy atom. The second-order valence-corrected chi connectivity index (χ2v) is 7.66. The number of alkyl halides is 3. The smallest absolute Gasteiger partial charge is 0.416 e. The van der Waals surface area contributed by atoms with Crippen LogP contribution in [0.1, 0.15) is 27.5 Å². The molecule has 3 aromatic rings. The SMILES string of the molecule is O=C(O)CNC(=O)c1c(O)c2cc(Cl)cc3c2n(c1=O)C(c1ccc(C(F)(F)F)cc1)CO3. The summed E-state index contributed by atoms with van der Waals surface area (Å²) >= 11 is 6.08. The van der Waals surface area contributed by atoms with Crippen molar-refractivity contribution in [3.8, 4) is 11.5 Å². The van der Waals surface area contributed by atoms with Gasteiger partial charge in [0.1, 0.15) is 30.2 Å². The molecule has 1 aliphatic rings. The molecule has 12 heteroatoms. The molecular weight excluding hydrogens is 469 g/mol. The highest BCUT2D eigenvalue weighted by atomic mass is 35.5. The third-order valence-corrected chi connectivity index (χ3v) is 5.38. The van der Waals surface area contributed by atoms with Crippen molar-refractivity contribution in [2.45, 2.75) is 12.2 Å². The minimum Gasteiger partial charge on any atom is -0.506 e. The number of aromatic hydroxyl groups is 1. The zero-order valence-corrected chi connectivity index (χ0v) is 17.2. The number of rotatable bonds is 4. The van der Waals surface area contributed by atoms with E-state index in [0.29, 0.717) is 0 Å². The van der Waals surface area contributed by atoms with E-state index in [2.05, 4.69) is 0 Å². The first-order valence-electron chi connectivity index (χ1n) is 9.39. The van der Waals surface area contributed by atoms with E-state index >= 15 is 0 Å². The van der Waals surface area contributed by atoms with E-state index in [0.717, 1.165) is 16.7 Å². The lowest BCUT2D eigenvalue weighted by molar-refractivity contribution is -0.138. The maximum absolute atomic E-state index is 13.3. The molecule has 3 N–H and O–H groups in total. The molecule has 1 unspecified atom stereocenters. The first kappa shape index (κ1) is 22.5. The van der Waals surface area contributed by atoms with Crippen molar-refractivity contribution in [1.29, 1.82) is 0 Å². The van der Waals surface area contributed by atoms with Crippen LogP contribution in [0.3, 0.4) is 0 Å². The van der Waals surface area contributed by atoms with Gasteiger partial charge < -0.3 is 20.3 Å². The summed E-state index contributed by atoms with van der Waals surface area (Å²) in [5.74, 6) is -3.10. The summed E-state index contributed by atoms with van der Waals surface area (Å²) in [6.45, 7) is -0.976. The van der Waals surface area contributed by atoms with Crippen LogP contribution >= 0.6 is 11.6 Å². The highest BCUT2D eigenvalue weighted by molar-refractivity contribution is 6.31. The average molecular weight is 483 g/mol. The van der Waals surface area contributed by atoms with Gasteiger partial charge in [-0.15, -0.1) is 0 Å². The first-order chi connectivity index (χ1) is 15.5. The Hall–Kier alpha value is -3.73. The van der Waals surface area contributed by atoms with Crippen LogP contribution in [0.4, 0.5) is 13.2 Å². The fourth-order valence-corrected chi connectivity index (χ4v) is 3.91. The zero-order valence-electron chi connectivity index (χ0n) is 16.4. The van der Waals surface area contributed by atoms with Crippen molar-refractivity contribution in [2.24, 2.45) is 0 Å². The van der Waals surface area contributed by atoms with Gasteiger partial charge in [0.2, 0.25) is 0 Å². The minimum absolute atomic E-state index is 0.0193. The molecule has 1 atom stereocenters. The van der Waals surface area contributed by atoms with E-state index in [1.807, 2.05) is 5.32 Å². The molecule has 2 aromatic carbocycles. The van der Waals surface area contributed by atoms with Crippen LogP contribution in [0.5, 0.6) is 11.5 Å². The lowest BCUT2D eigenvalue weighted by Gasteiger charge is -2.30. The predicted octanol–water partition coefficient (Wildman–Crippen LogP) is 3.18. The van der Waals surface area contributed by atoms with Crippen molar-refractivity contribution in [3.05, 3.63) is 68.5 Å². The van der Waals surface area contributed by atoms with Crippen LogP contribution in [0.25, 0.3) is 10.9 Å². The van der Waals surface area contributed by atoms with Gasteiger partial charge >= 0.3 is 12.1 Å². The quantitative estimate of drug-likeness (QED) is 0.526. The molecule has 0 saturated carbocycles. The van der Waals surface area contributed by atoms with E-state index < -0.39 is 53.1 Å². The standard InChI is InChI=1S/C21H14ClF3N2O6/c22-11-5-12-17-14(6-11)33-8-13(9-1-3-10(4-2-9)21(23,24)25)27(17)20(32)16(18(12)30)19(31)26-7-15(28)29/h1-6,13,30H,7-8H2,(H,26,31)(H,28,29). The number of pyridine rings is 1. The number of aromatic nitrogens is 1. The highest BCUT2D eigenvalue weighted by Crippen LogP contribution is 2.41. The molecule has 1 aliphatic heterocycles. The van der Waals surface area contributed by atoms with Gasteiger partial charge in [-0.1, -0.05) is 23.7 Å². The number of hydrogen-bond acceptors (Lipinski definition) is 5. The summed E-state index contributed by atoms with van der Waals surface area (Å²) < 4.78 is 45.7. The van der Waals surface area contributed by atoms with E-state index in [4.69, 9.17) is 21.4 Å². The van der Waals surface area contributed by atoms with Gasteiger partial charge in [0.05, 0.1) is 17.1 Å². The van der Waals surface area contributed by atoms with Gasteiger partial charge in [-0.2, -0.15) is 13.2 Å². The molecule has 0 radical (unpaired) electrons. The third kappa shape index (κ3) is 3.95. The number of nitrogens with one attached hydrogen (secondary N) is 1. The maximum atomic E-state index is 13.3. The summed E-state index contributed by atoms with van der Waals surface area (Å²) in [6, 6.07) is 5.83.